The number of hydrogen-bond donors (Lipinski definition) is 1. The van der Waals surface area contributed by atoms with E-state index in [1.54, 1.807) is 7.05 Å². The summed E-state index contributed by atoms with van der Waals surface area (Å²) in [5.74, 6) is -2.22. The summed E-state index contributed by atoms with van der Waals surface area (Å²) in [4.78, 5) is 11.3. The van der Waals surface area contributed by atoms with Crippen molar-refractivity contribution in [1.82, 2.24) is 4.57 Å². The van der Waals surface area contributed by atoms with Crippen LogP contribution in [0.5, 0.6) is 0 Å². The van der Waals surface area contributed by atoms with Crippen molar-refractivity contribution in [3.63, 3.8) is 0 Å². The third-order valence-electron chi connectivity index (χ3n) is 3.25. The molecule has 0 unspecified atom stereocenters. The molecule has 0 saturated heterocycles. The Balaban J connectivity index is 2.03. The number of hydrogen-bond acceptors (Lipinski definition) is 4. The predicted octanol–water partition coefficient (Wildman–Crippen LogP) is 2.68. The van der Waals surface area contributed by atoms with E-state index in [0.29, 0.717) is 10.2 Å². The molecule has 0 aliphatic rings. The number of fused-ring (bicyclic) bond motifs is 1. The monoisotopic (exact) mass is 356 g/mol. The summed E-state index contributed by atoms with van der Waals surface area (Å²) >= 11 is 1.01. The van der Waals surface area contributed by atoms with E-state index in [1.807, 2.05) is 0 Å². The molecule has 120 valence electrons. The number of anilines is 1. The highest BCUT2D eigenvalue weighted by Gasteiger charge is 2.17. The van der Waals surface area contributed by atoms with Crippen LogP contribution in [-0.2, 0) is 17.1 Å². The molecule has 5 nitrogen and oxygen atoms in total. The van der Waals surface area contributed by atoms with Crippen LogP contribution < -0.4 is 9.60 Å². The molecule has 1 heterocycles. The van der Waals surface area contributed by atoms with Crippen LogP contribution >= 0.6 is 11.3 Å². The highest BCUT2D eigenvalue weighted by molar-refractivity contribution is 7.92. The normalized spacial score (nSPS) is 11.8. The summed E-state index contributed by atoms with van der Waals surface area (Å²) in [7, 11) is -2.45. The molecule has 9 heteroatoms. The Morgan fingerprint density at radius 3 is 2.52 bits per heavy atom. The average Bonchev–Trinajstić information content (AvgIpc) is 2.77. The van der Waals surface area contributed by atoms with E-state index in [-0.39, 0.29) is 15.5 Å². The predicted molar refractivity (Wildman–Crippen MR) is 84.2 cm³/mol. The Kier molecular flexibility index (Phi) is 3.69. The van der Waals surface area contributed by atoms with Gasteiger partial charge >= 0.3 is 4.87 Å². The van der Waals surface area contributed by atoms with Gasteiger partial charge in [0, 0.05) is 13.1 Å². The third kappa shape index (κ3) is 2.84. The lowest BCUT2D eigenvalue weighted by Gasteiger charge is -2.08. The van der Waals surface area contributed by atoms with Gasteiger partial charge in [-0.25, -0.2) is 17.2 Å². The van der Waals surface area contributed by atoms with Crippen molar-refractivity contribution < 1.29 is 17.2 Å². The lowest BCUT2D eigenvalue weighted by atomic mass is 10.3. The van der Waals surface area contributed by atoms with E-state index in [9.17, 15) is 22.0 Å². The maximum absolute atomic E-state index is 13.2. The van der Waals surface area contributed by atoms with Gasteiger partial charge < -0.3 is 4.57 Å². The number of nitrogens with zero attached hydrogens (tertiary/aromatic N) is 1. The zero-order valence-electron chi connectivity index (χ0n) is 11.7. The first-order chi connectivity index (χ1) is 10.8. The maximum Gasteiger partial charge on any atom is 0.307 e. The second-order valence-electron chi connectivity index (χ2n) is 4.79. The number of halogens is 2. The second-order valence-corrected chi connectivity index (χ2v) is 7.47. The van der Waals surface area contributed by atoms with Gasteiger partial charge in [-0.3, -0.25) is 9.52 Å². The van der Waals surface area contributed by atoms with Crippen LogP contribution in [0.3, 0.4) is 0 Å². The highest BCUT2D eigenvalue weighted by Crippen LogP contribution is 2.23. The molecule has 0 amide bonds. The van der Waals surface area contributed by atoms with E-state index in [1.165, 1.54) is 22.8 Å². The Morgan fingerprint density at radius 2 is 1.83 bits per heavy atom. The van der Waals surface area contributed by atoms with Crippen molar-refractivity contribution in [3.05, 3.63) is 57.7 Å². The average molecular weight is 356 g/mol. The molecule has 3 rings (SSSR count). The van der Waals surface area contributed by atoms with Crippen molar-refractivity contribution in [1.29, 1.82) is 0 Å². The molecule has 0 aliphatic carbocycles. The minimum Gasteiger partial charge on any atom is -0.302 e. The van der Waals surface area contributed by atoms with Crippen LogP contribution in [0.25, 0.3) is 10.2 Å². The van der Waals surface area contributed by atoms with Crippen LogP contribution in [0.1, 0.15) is 0 Å². The number of aromatic nitrogens is 1. The van der Waals surface area contributed by atoms with Gasteiger partial charge in [-0.05, 0) is 30.3 Å². The summed E-state index contributed by atoms with van der Waals surface area (Å²) in [6.45, 7) is 0. The van der Waals surface area contributed by atoms with Crippen LogP contribution in [-0.4, -0.2) is 13.0 Å². The standard InChI is InChI=1S/C14H10F2N2O3S2/c1-18-12-7-9(3-5-13(12)22-14(18)19)23(20,21)17-8-2-4-10(15)11(16)6-8/h2-7,17H,1H3. The molecule has 0 aliphatic heterocycles. The van der Waals surface area contributed by atoms with Gasteiger partial charge in [0.15, 0.2) is 11.6 Å². The van der Waals surface area contributed by atoms with Gasteiger partial charge in [0.05, 0.1) is 20.8 Å². The first-order valence-electron chi connectivity index (χ1n) is 6.35. The Morgan fingerprint density at radius 1 is 1.09 bits per heavy atom. The quantitative estimate of drug-likeness (QED) is 0.784. The highest BCUT2D eigenvalue weighted by atomic mass is 32.2. The van der Waals surface area contributed by atoms with Gasteiger partial charge in [0.2, 0.25) is 0 Å². The molecule has 0 radical (unpaired) electrons. The molecule has 1 N–H and O–H groups in total. The van der Waals surface area contributed by atoms with Crippen molar-refractivity contribution >= 4 is 37.3 Å². The van der Waals surface area contributed by atoms with Gasteiger partial charge in [0.25, 0.3) is 10.0 Å². The van der Waals surface area contributed by atoms with E-state index in [0.717, 1.165) is 29.5 Å². The first-order valence-corrected chi connectivity index (χ1v) is 8.65. The summed E-state index contributed by atoms with van der Waals surface area (Å²) in [5.41, 5.74) is 0.386. The Hall–Kier alpha value is -2.26. The van der Waals surface area contributed by atoms with Crippen molar-refractivity contribution in [2.75, 3.05) is 4.72 Å². The van der Waals surface area contributed by atoms with Crippen LogP contribution in [0, 0.1) is 11.6 Å². The largest absolute Gasteiger partial charge is 0.307 e. The molecular weight excluding hydrogens is 346 g/mol. The fraction of sp³-hybridized carbons (Fsp3) is 0.0714. The number of benzene rings is 2. The van der Waals surface area contributed by atoms with E-state index in [4.69, 9.17) is 0 Å². The zero-order chi connectivity index (χ0) is 16.8. The summed E-state index contributed by atoms with van der Waals surface area (Å²) in [5, 5.41) is 0. The van der Waals surface area contributed by atoms with Crippen LogP contribution in [0.15, 0.2) is 46.1 Å². The van der Waals surface area contributed by atoms with E-state index >= 15 is 0 Å². The van der Waals surface area contributed by atoms with Gasteiger partial charge in [-0.15, -0.1) is 0 Å². The van der Waals surface area contributed by atoms with Crippen molar-refractivity contribution in [2.24, 2.45) is 7.05 Å². The molecule has 1 aromatic heterocycles. The van der Waals surface area contributed by atoms with Crippen LogP contribution in [0.4, 0.5) is 14.5 Å². The maximum atomic E-state index is 13.2. The molecular formula is C14H10F2N2O3S2. The SMILES string of the molecule is Cn1c(=O)sc2ccc(S(=O)(=O)Nc3ccc(F)c(F)c3)cc21. The van der Waals surface area contributed by atoms with Crippen molar-refractivity contribution in [3.8, 4) is 0 Å². The number of nitrogens with one attached hydrogen (secondary N) is 1. The van der Waals surface area contributed by atoms with Gasteiger partial charge in [0.1, 0.15) is 0 Å². The number of aryl methyl sites for hydroxylation is 1. The third-order valence-corrected chi connectivity index (χ3v) is 5.64. The van der Waals surface area contributed by atoms with Gasteiger partial charge in [-0.1, -0.05) is 11.3 Å². The molecule has 0 fully saturated rings. The molecule has 0 spiro atoms. The fourth-order valence-corrected chi connectivity index (χ4v) is 3.98. The first kappa shape index (κ1) is 15.6. The number of sulfonamides is 1. The molecule has 2 aromatic carbocycles. The summed E-state index contributed by atoms with van der Waals surface area (Å²) in [6.07, 6.45) is 0. The van der Waals surface area contributed by atoms with Crippen molar-refractivity contribution in [2.45, 2.75) is 4.90 Å². The lowest BCUT2D eigenvalue weighted by Crippen LogP contribution is -2.13. The minimum absolute atomic E-state index is 0.0804. The molecule has 0 bridgehead atoms. The van der Waals surface area contributed by atoms with E-state index < -0.39 is 21.7 Å². The smallest absolute Gasteiger partial charge is 0.302 e. The van der Waals surface area contributed by atoms with Gasteiger partial charge in [-0.2, -0.15) is 0 Å². The lowest BCUT2D eigenvalue weighted by molar-refractivity contribution is 0.509. The minimum atomic E-state index is -3.99. The Bertz CT molecular complexity index is 1070. The Labute approximate surface area is 133 Å². The summed E-state index contributed by atoms with van der Waals surface area (Å²) < 4.78 is 54.9. The second kappa shape index (κ2) is 5.43. The molecule has 23 heavy (non-hydrogen) atoms. The van der Waals surface area contributed by atoms with E-state index in [2.05, 4.69) is 4.72 Å². The fourth-order valence-electron chi connectivity index (χ4n) is 2.05. The molecule has 0 atom stereocenters. The topological polar surface area (TPSA) is 68.2 Å². The summed E-state index contributed by atoms with van der Waals surface area (Å²) in [6, 6.07) is 6.94. The zero-order valence-corrected chi connectivity index (χ0v) is 13.3. The molecule has 3 aromatic rings. The van der Waals surface area contributed by atoms with Crippen LogP contribution in [0.2, 0.25) is 0 Å². The molecule has 0 saturated carbocycles. The number of rotatable bonds is 3. The number of thiazole rings is 1.